The SMILES string of the molecule is C/C(=C\C#N)c1ccc(N(CC(C)C)CC(C)C)c(NC(=O)Nc2ccc(Cl)cc2)c1. The van der Waals surface area contributed by atoms with Crippen LogP contribution in [0.15, 0.2) is 48.5 Å². The van der Waals surface area contributed by atoms with Gasteiger partial charge in [0.1, 0.15) is 0 Å². The van der Waals surface area contributed by atoms with Crippen LogP contribution in [0.2, 0.25) is 5.02 Å². The Balaban J connectivity index is 2.40. The minimum atomic E-state index is -0.336. The van der Waals surface area contributed by atoms with Gasteiger partial charge in [-0.2, -0.15) is 5.26 Å². The summed E-state index contributed by atoms with van der Waals surface area (Å²) in [6.07, 6.45) is 1.51. The van der Waals surface area contributed by atoms with Crippen LogP contribution in [0.5, 0.6) is 0 Å². The van der Waals surface area contributed by atoms with Crippen LogP contribution in [-0.4, -0.2) is 19.1 Å². The maximum absolute atomic E-state index is 12.8. The van der Waals surface area contributed by atoms with Crippen LogP contribution >= 0.6 is 11.6 Å². The molecule has 6 heteroatoms. The van der Waals surface area contributed by atoms with Gasteiger partial charge in [-0.25, -0.2) is 4.79 Å². The molecule has 0 saturated heterocycles. The molecule has 0 aromatic heterocycles. The fraction of sp³-hybridized carbons (Fsp3) is 0.360. The number of benzene rings is 2. The van der Waals surface area contributed by atoms with E-state index >= 15 is 0 Å². The van der Waals surface area contributed by atoms with Crippen molar-refractivity contribution in [3.05, 3.63) is 59.1 Å². The normalized spacial score (nSPS) is 11.4. The van der Waals surface area contributed by atoms with Crippen LogP contribution in [0.25, 0.3) is 5.57 Å². The van der Waals surface area contributed by atoms with Crippen LogP contribution in [0.1, 0.15) is 40.2 Å². The molecule has 5 nitrogen and oxygen atoms in total. The van der Waals surface area contributed by atoms with E-state index in [-0.39, 0.29) is 6.03 Å². The first-order valence-electron chi connectivity index (χ1n) is 10.5. The number of allylic oxidation sites excluding steroid dienone is 2. The Morgan fingerprint density at radius 3 is 2.23 bits per heavy atom. The molecule has 164 valence electrons. The summed E-state index contributed by atoms with van der Waals surface area (Å²) in [5, 5.41) is 15.5. The molecule has 2 aromatic carbocycles. The molecule has 0 heterocycles. The number of hydrogen-bond donors (Lipinski definition) is 2. The molecule has 2 N–H and O–H groups in total. The van der Waals surface area contributed by atoms with Crippen molar-refractivity contribution < 1.29 is 4.79 Å². The fourth-order valence-corrected chi connectivity index (χ4v) is 3.43. The molecule has 31 heavy (non-hydrogen) atoms. The summed E-state index contributed by atoms with van der Waals surface area (Å²) in [6, 6.07) is 14.6. The van der Waals surface area contributed by atoms with E-state index in [1.807, 2.05) is 25.1 Å². The van der Waals surface area contributed by atoms with Crippen molar-refractivity contribution in [3.8, 4) is 6.07 Å². The standard InChI is InChI=1S/C25H31ClN4O/c1-17(2)15-30(16-18(3)4)24-11-6-20(19(5)12-13-27)14-23(24)29-25(31)28-22-9-7-21(26)8-10-22/h6-12,14,17-18H,15-16H2,1-5H3,(H2,28,29,31)/b19-12+. The van der Waals surface area contributed by atoms with Crippen LogP contribution in [-0.2, 0) is 0 Å². The van der Waals surface area contributed by atoms with Gasteiger partial charge in [-0.3, -0.25) is 0 Å². The average Bonchev–Trinajstić information content (AvgIpc) is 2.68. The number of hydrogen-bond acceptors (Lipinski definition) is 3. The molecule has 0 aliphatic rings. The number of anilines is 3. The third kappa shape index (κ3) is 7.66. The van der Waals surface area contributed by atoms with E-state index in [4.69, 9.17) is 16.9 Å². The molecular weight excluding hydrogens is 408 g/mol. The quantitative estimate of drug-likeness (QED) is 0.434. The Morgan fingerprint density at radius 2 is 1.68 bits per heavy atom. The van der Waals surface area contributed by atoms with Crippen molar-refractivity contribution >= 4 is 40.3 Å². The van der Waals surface area contributed by atoms with Gasteiger partial charge >= 0.3 is 6.03 Å². The number of carbonyl (C=O) groups excluding carboxylic acids is 1. The van der Waals surface area contributed by atoms with E-state index in [2.05, 4.69) is 49.3 Å². The molecule has 2 amide bonds. The number of urea groups is 1. The number of rotatable bonds is 8. The monoisotopic (exact) mass is 438 g/mol. The van der Waals surface area contributed by atoms with E-state index in [1.54, 1.807) is 24.3 Å². The largest absolute Gasteiger partial charge is 0.369 e. The summed E-state index contributed by atoms with van der Waals surface area (Å²) in [7, 11) is 0. The maximum Gasteiger partial charge on any atom is 0.323 e. The van der Waals surface area contributed by atoms with Gasteiger partial charge in [-0.1, -0.05) is 45.4 Å². The van der Waals surface area contributed by atoms with E-state index in [1.165, 1.54) is 6.08 Å². The molecule has 0 aliphatic heterocycles. The van der Waals surface area contributed by atoms with Crippen molar-refractivity contribution in [2.75, 3.05) is 28.6 Å². The second-order valence-electron chi connectivity index (χ2n) is 8.47. The second-order valence-corrected chi connectivity index (χ2v) is 8.90. The number of nitrogens with zero attached hydrogens (tertiary/aromatic N) is 2. The summed E-state index contributed by atoms with van der Waals surface area (Å²) in [6.45, 7) is 12.4. The molecule has 0 radical (unpaired) electrons. The number of amides is 2. The molecule has 0 spiro atoms. The van der Waals surface area contributed by atoms with Gasteiger partial charge in [0.2, 0.25) is 0 Å². The third-order valence-corrected chi connectivity index (χ3v) is 4.85. The Labute approximate surface area is 190 Å². The van der Waals surface area contributed by atoms with Gasteiger partial charge in [-0.05, 0) is 66.3 Å². The minimum absolute atomic E-state index is 0.336. The van der Waals surface area contributed by atoms with Gasteiger partial charge in [0.05, 0.1) is 17.4 Å². The zero-order chi connectivity index (χ0) is 23.0. The molecular formula is C25H31ClN4O. The Hall–Kier alpha value is -2.97. The molecule has 0 atom stereocenters. The summed E-state index contributed by atoms with van der Waals surface area (Å²) < 4.78 is 0. The lowest BCUT2D eigenvalue weighted by Crippen LogP contribution is -2.32. The zero-order valence-corrected chi connectivity index (χ0v) is 19.6. The molecule has 0 fully saturated rings. The lowest BCUT2D eigenvalue weighted by Gasteiger charge is -2.30. The topological polar surface area (TPSA) is 68.2 Å². The van der Waals surface area contributed by atoms with Crippen LogP contribution < -0.4 is 15.5 Å². The molecule has 0 aliphatic carbocycles. The average molecular weight is 439 g/mol. The highest BCUT2D eigenvalue weighted by molar-refractivity contribution is 6.30. The first kappa shape index (κ1) is 24.3. The van der Waals surface area contributed by atoms with Crippen molar-refractivity contribution in [2.45, 2.75) is 34.6 Å². The summed E-state index contributed by atoms with van der Waals surface area (Å²) >= 11 is 5.93. The van der Waals surface area contributed by atoms with E-state index in [9.17, 15) is 4.79 Å². The van der Waals surface area contributed by atoms with Gasteiger partial charge in [0, 0.05) is 29.9 Å². The van der Waals surface area contributed by atoms with E-state index in [0.717, 1.165) is 29.9 Å². The first-order valence-corrected chi connectivity index (χ1v) is 10.9. The summed E-state index contributed by atoms with van der Waals surface area (Å²) in [5.74, 6) is 0.934. The van der Waals surface area contributed by atoms with Crippen LogP contribution in [0.4, 0.5) is 21.9 Å². The third-order valence-electron chi connectivity index (χ3n) is 4.59. The highest BCUT2D eigenvalue weighted by Crippen LogP contribution is 2.31. The predicted octanol–water partition coefficient (Wildman–Crippen LogP) is 7.03. The molecule has 0 saturated carbocycles. The molecule has 0 unspecified atom stereocenters. The number of nitriles is 1. The van der Waals surface area contributed by atoms with Gasteiger partial charge in [0.25, 0.3) is 0 Å². The summed E-state index contributed by atoms with van der Waals surface area (Å²) in [5.41, 5.74) is 4.05. The van der Waals surface area contributed by atoms with Crippen molar-refractivity contribution in [1.82, 2.24) is 0 Å². The Morgan fingerprint density at radius 1 is 1.06 bits per heavy atom. The predicted molar refractivity (Wildman–Crippen MR) is 132 cm³/mol. The molecule has 2 rings (SSSR count). The lowest BCUT2D eigenvalue weighted by atomic mass is 10.0. The smallest absolute Gasteiger partial charge is 0.323 e. The van der Waals surface area contributed by atoms with Crippen LogP contribution in [0, 0.1) is 23.2 Å². The number of halogens is 1. The lowest BCUT2D eigenvalue weighted by molar-refractivity contribution is 0.262. The highest BCUT2D eigenvalue weighted by Gasteiger charge is 2.17. The van der Waals surface area contributed by atoms with Gasteiger partial charge < -0.3 is 15.5 Å². The minimum Gasteiger partial charge on any atom is -0.369 e. The highest BCUT2D eigenvalue weighted by atomic mass is 35.5. The maximum atomic E-state index is 12.8. The number of nitrogens with one attached hydrogen (secondary N) is 2. The Bertz CT molecular complexity index is 948. The molecule has 2 aromatic rings. The Kier molecular flexibility index (Phi) is 8.96. The van der Waals surface area contributed by atoms with Crippen molar-refractivity contribution in [3.63, 3.8) is 0 Å². The fourth-order valence-electron chi connectivity index (χ4n) is 3.31. The molecule has 0 bridgehead atoms. The van der Waals surface area contributed by atoms with Gasteiger partial charge in [0.15, 0.2) is 0 Å². The first-order chi connectivity index (χ1) is 14.7. The summed E-state index contributed by atoms with van der Waals surface area (Å²) in [4.78, 5) is 15.1. The van der Waals surface area contributed by atoms with Crippen molar-refractivity contribution in [1.29, 1.82) is 5.26 Å². The van der Waals surface area contributed by atoms with Gasteiger partial charge in [-0.15, -0.1) is 0 Å². The zero-order valence-electron chi connectivity index (χ0n) is 18.9. The van der Waals surface area contributed by atoms with E-state index < -0.39 is 0 Å². The number of carbonyl (C=O) groups is 1. The van der Waals surface area contributed by atoms with Crippen LogP contribution in [0.3, 0.4) is 0 Å². The van der Waals surface area contributed by atoms with Crippen molar-refractivity contribution in [2.24, 2.45) is 11.8 Å². The second kappa shape index (κ2) is 11.4. The van der Waals surface area contributed by atoms with E-state index in [0.29, 0.717) is 28.2 Å².